The van der Waals surface area contributed by atoms with Crippen molar-refractivity contribution in [1.82, 2.24) is 18.7 Å². The van der Waals surface area contributed by atoms with E-state index >= 15 is 0 Å². The predicted molar refractivity (Wildman–Crippen MR) is 128 cm³/mol. The molecule has 0 radical (unpaired) electrons. The Morgan fingerprint density at radius 3 is 2.35 bits per heavy atom. The minimum absolute atomic E-state index is 0.266. The summed E-state index contributed by atoms with van der Waals surface area (Å²) in [5, 5.41) is 3.24. The van der Waals surface area contributed by atoms with Gasteiger partial charge in [0.2, 0.25) is 0 Å². The summed E-state index contributed by atoms with van der Waals surface area (Å²) in [5.41, 5.74) is 4.90. The lowest BCUT2D eigenvalue weighted by molar-refractivity contribution is 0.500. The van der Waals surface area contributed by atoms with Gasteiger partial charge in [-0.1, -0.05) is 34.6 Å². The molecule has 0 saturated heterocycles. The molecule has 2 heterocycles. The zero-order chi connectivity index (χ0) is 21.4. The van der Waals surface area contributed by atoms with Crippen molar-refractivity contribution in [3.05, 3.63) is 65.1 Å². The van der Waals surface area contributed by atoms with Gasteiger partial charge in [-0.2, -0.15) is 8.75 Å². The van der Waals surface area contributed by atoms with Gasteiger partial charge in [-0.3, -0.25) is 13.8 Å². The number of rotatable bonds is 5. The number of fused-ring (bicyclic) bond motifs is 2. The van der Waals surface area contributed by atoms with E-state index in [0.29, 0.717) is 28.2 Å². The van der Waals surface area contributed by atoms with E-state index in [0.717, 1.165) is 34.9 Å². The lowest BCUT2D eigenvalue weighted by atomic mass is 10.1. The molecule has 2 aromatic heterocycles. The molecule has 10 heteroatoms. The Balaban J connectivity index is 1.54. The molecule has 0 aliphatic heterocycles. The van der Waals surface area contributed by atoms with Crippen LogP contribution in [0.15, 0.2) is 65.1 Å². The van der Waals surface area contributed by atoms with Crippen LogP contribution in [-0.4, -0.2) is 27.8 Å². The normalized spacial score (nSPS) is 14.9. The highest BCUT2D eigenvalue weighted by Gasteiger charge is 2.23. The van der Waals surface area contributed by atoms with Crippen molar-refractivity contribution in [3.8, 4) is 0 Å². The van der Waals surface area contributed by atoms with E-state index in [9.17, 15) is 9.11 Å². The van der Waals surface area contributed by atoms with Crippen molar-refractivity contribution < 1.29 is 9.11 Å². The van der Waals surface area contributed by atoms with Crippen LogP contribution in [-0.2, 0) is 0 Å². The summed E-state index contributed by atoms with van der Waals surface area (Å²) < 4.78 is 33.1. The molecule has 5 rings (SSSR count). The minimum Gasteiger partial charge on any atom is -0.337 e. The largest absolute Gasteiger partial charge is 0.337 e. The molecule has 0 fully saturated rings. The molecule has 4 N–H and O–H groups in total. The van der Waals surface area contributed by atoms with E-state index in [4.69, 9.17) is 0 Å². The van der Waals surface area contributed by atoms with Gasteiger partial charge in [-0.25, -0.2) is 9.97 Å². The number of anilines is 3. The summed E-state index contributed by atoms with van der Waals surface area (Å²) >= 11 is 1.15. The number of benzene rings is 2. The van der Waals surface area contributed by atoms with Crippen LogP contribution in [0.1, 0.15) is 19.8 Å². The smallest absolute Gasteiger partial charge is 0.188 e. The zero-order valence-corrected chi connectivity index (χ0v) is 18.2. The molecule has 0 spiro atoms. The second kappa shape index (κ2) is 7.89. The third-order valence-corrected chi connectivity index (χ3v) is 7.12. The third kappa shape index (κ3) is 4.10. The van der Waals surface area contributed by atoms with Gasteiger partial charge < -0.3 is 5.32 Å². The standard InChI is InChI=1S/C21H20N6O2S2/c1-13-6-9-15(10-7-13)31(28,29)27-21-20(23-16-4-2-3-5-17(16)24-21)22-14-8-11-18-19(12-14)26-30-25-18/h2-6,8-9,11-12,28-29H,7,10H2,1H3,(H,22,23)(H,24,27). The van der Waals surface area contributed by atoms with E-state index in [1.54, 1.807) is 6.08 Å². The first-order valence-corrected chi connectivity index (χ1v) is 11.9. The van der Waals surface area contributed by atoms with Crippen LogP contribution >= 0.6 is 22.5 Å². The highest BCUT2D eigenvalue weighted by atomic mass is 32.3. The number of hydrogen-bond donors (Lipinski definition) is 4. The molecule has 1 aliphatic rings. The Morgan fingerprint density at radius 2 is 1.61 bits per heavy atom. The van der Waals surface area contributed by atoms with Crippen molar-refractivity contribution >= 4 is 61.9 Å². The second-order valence-corrected chi connectivity index (χ2v) is 9.65. The highest BCUT2D eigenvalue weighted by Crippen LogP contribution is 2.51. The van der Waals surface area contributed by atoms with Crippen LogP contribution in [0.25, 0.3) is 22.1 Å². The van der Waals surface area contributed by atoms with Gasteiger partial charge in [-0.05, 0) is 56.2 Å². The van der Waals surface area contributed by atoms with E-state index < -0.39 is 10.8 Å². The molecular formula is C21H20N6O2S2. The topological polar surface area (TPSA) is 116 Å². The maximum absolute atomic E-state index is 10.9. The summed E-state index contributed by atoms with van der Waals surface area (Å²) in [6.45, 7) is 2.03. The molecule has 0 unspecified atom stereocenters. The van der Waals surface area contributed by atoms with Crippen molar-refractivity contribution in [2.75, 3.05) is 10.0 Å². The Morgan fingerprint density at radius 1 is 0.871 bits per heavy atom. The van der Waals surface area contributed by atoms with E-state index in [1.165, 1.54) is 5.57 Å². The van der Waals surface area contributed by atoms with Gasteiger partial charge in [-0.15, -0.1) is 0 Å². The van der Waals surface area contributed by atoms with Gasteiger partial charge in [0.1, 0.15) is 11.0 Å². The summed E-state index contributed by atoms with van der Waals surface area (Å²) in [6, 6.07) is 13.1. The van der Waals surface area contributed by atoms with Crippen molar-refractivity contribution in [1.29, 1.82) is 0 Å². The molecule has 0 bridgehead atoms. The Hall–Kier alpha value is -3.05. The third-order valence-electron chi connectivity index (χ3n) is 5.01. The molecule has 0 saturated carbocycles. The second-order valence-electron chi connectivity index (χ2n) is 7.30. The lowest BCUT2D eigenvalue weighted by Gasteiger charge is -2.36. The summed E-state index contributed by atoms with van der Waals surface area (Å²) in [6.07, 6.45) is 5.05. The molecular weight excluding hydrogens is 432 g/mol. The number of nitrogens with zero attached hydrogens (tertiary/aromatic N) is 4. The number of aromatic nitrogens is 4. The molecule has 0 amide bonds. The number of hydrogen-bond acceptors (Lipinski definition) is 9. The van der Waals surface area contributed by atoms with Gasteiger partial charge in [0.15, 0.2) is 11.6 Å². The summed E-state index contributed by atoms with van der Waals surface area (Å²) in [7, 11) is -3.27. The first-order valence-electron chi connectivity index (χ1n) is 9.66. The van der Waals surface area contributed by atoms with E-state index in [2.05, 4.69) is 28.8 Å². The fourth-order valence-corrected chi connectivity index (χ4v) is 5.02. The Bertz CT molecular complexity index is 1350. The van der Waals surface area contributed by atoms with Crippen molar-refractivity contribution in [2.45, 2.75) is 19.8 Å². The first-order chi connectivity index (χ1) is 15.0. The predicted octanol–water partition coefficient (Wildman–Crippen LogP) is 6.08. The summed E-state index contributed by atoms with van der Waals surface area (Å²) in [5.74, 6) is 0.659. The monoisotopic (exact) mass is 452 g/mol. The summed E-state index contributed by atoms with van der Waals surface area (Å²) in [4.78, 5) is 9.83. The zero-order valence-electron chi connectivity index (χ0n) is 16.6. The SMILES string of the molecule is CC1=CC=C(S(O)(O)Nc2nc3ccccc3nc2Nc2ccc3nsnc3c2)CC1. The Kier molecular flexibility index (Phi) is 5.06. The molecule has 1 aliphatic carbocycles. The quantitative estimate of drug-likeness (QED) is 0.288. The van der Waals surface area contributed by atoms with Crippen LogP contribution in [0.2, 0.25) is 0 Å². The molecule has 8 nitrogen and oxygen atoms in total. The molecule has 2 aromatic carbocycles. The Labute approximate surface area is 184 Å². The van der Waals surface area contributed by atoms with Gasteiger partial charge in [0.05, 0.1) is 27.7 Å². The van der Waals surface area contributed by atoms with Crippen molar-refractivity contribution in [3.63, 3.8) is 0 Å². The van der Waals surface area contributed by atoms with E-state index in [1.807, 2.05) is 55.5 Å². The van der Waals surface area contributed by atoms with Gasteiger partial charge >= 0.3 is 0 Å². The lowest BCUT2D eigenvalue weighted by Crippen LogP contribution is -2.15. The molecule has 158 valence electrons. The molecule has 0 atom stereocenters. The van der Waals surface area contributed by atoms with Crippen LogP contribution in [0.3, 0.4) is 0 Å². The van der Waals surface area contributed by atoms with Crippen LogP contribution in [0.5, 0.6) is 0 Å². The molecule has 4 aromatic rings. The fourth-order valence-electron chi connectivity index (χ4n) is 3.31. The average molecular weight is 453 g/mol. The van der Waals surface area contributed by atoms with Crippen molar-refractivity contribution in [2.24, 2.45) is 0 Å². The fraction of sp³-hybridized carbons (Fsp3) is 0.143. The van der Waals surface area contributed by atoms with E-state index in [-0.39, 0.29) is 5.82 Å². The molecule has 31 heavy (non-hydrogen) atoms. The van der Waals surface area contributed by atoms with Gasteiger partial charge in [0.25, 0.3) is 0 Å². The first kappa shape index (κ1) is 19.9. The van der Waals surface area contributed by atoms with Crippen LogP contribution in [0, 0.1) is 0 Å². The van der Waals surface area contributed by atoms with Crippen LogP contribution in [0.4, 0.5) is 17.3 Å². The van der Waals surface area contributed by atoms with Crippen LogP contribution < -0.4 is 10.0 Å². The number of para-hydroxylation sites is 2. The average Bonchev–Trinajstić information content (AvgIpc) is 3.22. The maximum atomic E-state index is 10.9. The highest BCUT2D eigenvalue weighted by molar-refractivity contribution is 8.28. The maximum Gasteiger partial charge on any atom is 0.188 e. The number of nitrogens with one attached hydrogen (secondary N) is 2. The number of allylic oxidation sites excluding steroid dienone is 4. The van der Waals surface area contributed by atoms with Gasteiger partial charge in [0, 0.05) is 5.69 Å². The minimum atomic E-state index is -3.27.